The second kappa shape index (κ2) is 12.4. The van der Waals surface area contributed by atoms with E-state index in [9.17, 15) is 4.79 Å². The molecule has 3 heterocycles. The van der Waals surface area contributed by atoms with E-state index in [1.165, 1.54) is 83.0 Å². The number of carbonyl (C=O) groups excluding carboxylic acids is 1. The number of hydrogen-bond acceptors (Lipinski definition) is 2. The number of benzene rings is 3. The highest BCUT2D eigenvalue weighted by molar-refractivity contribution is 6.61. The van der Waals surface area contributed by atoms with Crippen LogP contribution in [0.1, 0.15) is 140 Å². The normalized spacial score (nSPS) is 21.8. The van der Waals surface area contributed by atoms with E-state index in [0.717, 1.165) is 5.69 Å². The average molecular weight is 590 g/mol. The first kappa shape index (κ1) is 31.0. The van der Waals surface area contributed by atoms with Crippen LogP contribution in [-0.2, 0) is 4.65 Å². The Morgan fingerprint density at radius 2 is 1.05 bits per heavy atom. The predicted molar refractivity (Wildman–Crippen MR) is 187 cm³/mol. The van der Waals surface area contributed by atoms with Gasteiger partial charge in [-0.25, -0.2) is 4.79 Å². The van der Waals surface area contributed by atoms with Crippen LogP contribution in [0.25, 0.3) is 22.3 Å². The van der Waals surface area contributed by atoms with E-state index in [2.05, 4.69) is 115 Å². The summed E-state index contributed by atoms with van der Waals surface area (Å²) in [7, 11) is 0. The van der Waals surface area contributed by atoms with Gasteiger partial charge in [-0.3, -0.25) is 4.90 Å². The molecule has 3 nitrogen and oxygen atoms in total. The zero-order valence-electron chi connectivity index (χ0n) is 28.3. The molecule has 3 aromatic rings. The largest absolute Gasteiger partial charge is 0.518 e. The van der Waals surface area contributed by atoms with Crippen LogP contribution in [0.15, 0.2) is 54.6 Å². The molecule has 3 aliphatic rings. The Balaban J connectivity index is 1.73. The van der Waals surface area contributed by atoms with Crippen molar-refractivity contribution in [3.8, 4) is 22.3 Å². The van der Waals surface area contributed by atoms with Crippen LogP contribution < -0.4 is 4.90 Å². The van der Waals surface area contributed by atoms with Crippen molar-refractivity contribution < 1.29 is 9.45 Å². The summed E-state index contributed by atoms with van der Waals surface area (Å²) < 4.78 is 6.51. The molecule has 1 amide bonds. The van der Waals surface area contributed by atoms with E-state index >= 15 is 0 Å². The molecular formula is C40H52BNO2. The van der Waals surface area contributed by atoms with Crippen LogP contribution in [0, 0.1) is 5.92 Å². The predicted octanol–water partition coefficient (Wildman–Crippen LogP) is 11.7. The molecule has 1 atom stereocenters. The number of anilines is 1. The zero-order chi connectivity index (χ0) is 31.3. The Hall–Kier alpha value is -3.01. The fraction of sp³-hybridized carbons (Fsp3) is 0.525. The third kappa shape index (κ3) is 5.31. The summed E-state index contributed by atoms with van der Waals surface area (Å²) in [4.78, 5) is 16.6. The van der Waals surface area contributed by atoms with Crippen LogP contribution in [-0.4, -0.2) is 19.0 Å². The van der Waals surface area contributed by atoms with Gasteiger partial charge < -0.3 is 4.65 Å². The van der Waals surface area contributed by atoms with Gasteiger partial charge in [0, 0.05) is 11.1 Å². The van der Waals surface area contributed by atoms with E-state index in [4.69, 9.17) is 4.65 Å². The van der Waals surface area contributed by atoms with Crippen molar-refractivity contribution in [1.29, 1.82) is 0 Å². The molecule has 0 aromatic heterocycles. The van der Waals surface area contributed by atoms with Crippen LogP contribution in [0.4, 0.5) is 10.5 Å². The summed E-state index contributed by atoms with van der Waals surface area (Å²) in [6.45, 7) is 18.4. The SMILES string of the molecule is CC(C)c1cccc(C(C)C)c1-c1cccc(-c2c(C(C)C)cccc2C(C)C)c1N1C(=O)OB2C3CCCC(CCC3)C21. The first-order valence-electron chi connectivity index (χ1n) is 17.5. The van der Waals surface area contributed by atoms with Gasteiger partial charge in [-0.2, -0.15) is 0 Å². The first-order valence-corrected chi connectivity index (χ1v) is 17.5. The summed E-state index contributed by atoms with van der Waals surface area (Å²) in [5, 5.41) is 0. The molecule has 44 heavy (non-hydrogen) atoms. The van der Waals surface area contributed by atoms with Gasteiger partial charge in [0.15, 0.2) is 0 Å². The lowest BCUT2D eigenvalue weighted by Crippen LogP contribution is -2.45. The number of carbonyl (C=O) groups is 1. The Morgan fingerprint density at radius 1 is 0.636 bits per heavy atom. The molecule has 3 aliphatic heterocycles. The zero-order valence-corrected chi connectivity index (χ0v) is 28.3. The molecule has 1 unspecified atom stereocenters. The van der Waals surface area contributed by atoms with Crippen molar-refractivity contribution in [3.63, 3.8) is 0 Å². The minimum absolute atomic E-state index is 0.0202. The second-order valence-electron chi connectivity index (χ2n) is 15.0. The van der Waals surface area contributed by atoms with E-state index < -0.39 is 0 Å². The maximum atomic E-state index is 14.4. The van der Waals surface area contributed by atoms with E-state index in [1.807, 2.05) is 0 Å². The Kier molecular flexibility index (Phi) is 8.74. The van der Waals surface area contributed by atoms with Gasteiger partial charge in [-0.15, -0.1) is 0 Å². The van der Waals surface area contributed by atoms with Crippen molar-refractivity contribution >= 4 is 18.7 Å². The highest BCUT2D eigenvalue weighted by atomic mass is 16.5. The molecule has 0 spiro atoms. The first-order chi connectivity index (χ1) is 21.1. The van der Waals surface area contributed by atoms with Crippen molar-refractivity contribution in [3.05, 3.63) is 76.9 Å². The van der Waals surface area contributed by atoms with Crippen molar-refractivity contribution in [2.24, 2.45) is 5.92 Å². The molecule has 0 N–H and O–H groups in total. The summed E-state index contributed by atoms with van der Waals surface area (Å²) in [5.41, 5.74) is 11.4. The fourth-order valence-corrected chi connectivity index (χ4v) is 8.78. The summed E-state index contributed by atoms with van der Waals surface area (Å²) in [5.74, 6) is 2.42. The third-order valence-corrected chi connectivity index (χ3v) is 10.9. The highest BCUT2D eigenvalue weighted by Gasteiger charge is 2.56. The monoisotopic (exact) mass is 589 g/mol. The minimum atomic E-state index is -0.145. The van der Waals surface area contributed by atoms with Crippen LogP contribution >= 0.6 is 0 Å². The lowest BCUT2D eigenvalue weighted by atomic mass is 9.48. The molecule has 3 fully saturated rings. The minimum Gasteiger partial charge on any atom is -0.518 e. The topological polar surface area (TPSA) is 29.5 Å². The number of nitrogens with zero attached hydrogens (tertiary/aromatic N) is 1. The number of hydrogen-bond donors (Lipinski definition) is 0. The summed E-state index contributed by atoms with van der Waals surface area (Å²) in [6.07, 6.45) is 7.05. The Labute approximate surface area is 266 Å². The Morgan fingerprint density at radius 3 is 1.45 bits per heavy atom. The quantitative estimate of drug-likeness (QED) is 0.257. The van der Waals surface area contributed by atoms with Gasteiger partial charge >= 0.3 is 13.0 Å². The average Bonchev–Trinajstić information content (AvgIpc) is 3.11. The van der Waals surface area contributed by atoms with E-state index in [-0.39, 0.29) is 19.0 Å². The number of rotatable bonds is 7. The molecule has 0 radical (unpaired) electrons. The second-order valence-corrected chi connectivity index (χ2v) is 15.0. The summed E-state index contributed by atoms with van der Waals surface area (Å²) in [6, 6.07) is 20.5. The van der Waals surface area contributed by atoms with Gasteiger partial charge in [-0.1, -0.05) is 136 Å². The molecule has 0 aliphatic carbocycles. The molecule has 4 heteroatoms. The molecule has 232 valence electrons. The van der Waals surface area contributed by atoms with Crippen molar-refractivity contribution in [2.45, 2.75) is 129 Å². The standard InChI is InChI=1S/C40H52BNO2/c1-24(2)30-18-11-19-31(25(3)4)36(30)34-22-13-23-35(37-32(26(5)6)20-12-21-33(37)27(7)8)38(34)42-39-28-14-9-16-29(17-10-15-28)41(39)44-40(42)43/h11-13,18-29,39H,9-10,14-17H2,1-8H3. The third-order valence-electron chi connectivity index (χ3n) is 10.9. The smallest absolute Gasteiger partial charge is 0.396 e. The van der Waals surface area contributed by atoms with Gasteiger partial charge in [0.05, 0.1) is 11.6 Å². The maximum absolute atomic E-state index is 14.4. The van der Waals surface area contributed by atoms with E-state index in [1.54, 1.807) is 0 Å². The van der Waals surface area contributed by atoms with Crippen molar-refractivity contribution in [1.82, 2.24) is 0 Å². The number of para-hydroxylation sites is 1. The van der Waals surface area contributed by atoms with Crippen LogP contribution in [0.3, 0.4) is 0 Å². The molecule has 6 rings (SSSR count). The van der Waals surface area contributed by atoms with E-state index in [0.29, 0.717) is 35.4 Å². The molecule has 3 saturated heterocycles. The lowest BCUT2D eigenvalue weighted by molar-refractivity contribution is 0.213. The summed E-state index contributed by atoms with van der Waals surface area (Å²) >= 11 is 0. The van der Waals surface area contributed by atoms with Crippen LogP contribution in [0.5, 0.6) is 0 Å². The fourth-order valence-electron chi connectivity index (χ4n) is 8.78. The maximum Gasteiger partial charge on any atom is 0.396 e. The number of amides is 1. The van der Waals surface area contributed by atoms with Gasteiger partial charge in [0.25, 0.3) is 0 Å². The molecule has 3 aromatic carbocycles. The Bertz CT molecular complexity index is 1380. The van der Waals surface area contributed by atoms with Gasteiger partial charge in [0.1, 0.15) is 0 Å². The lowest BCUT2D eigenvalue weighted by Gasteiger charge is -2.34. The van der Waals surface area contributed by atoms with Gasteiger partial charge in [0.2, 0.25) is 0 Å². The van der Waals surface area contributed by atoms with Crippen LogP contribution in [0.2, 0.25) is 5.82 Å². The molecule has 0 saturated carbocycles. The highest BCUT2D eigenvalue weighted by Crippen LogP contribution is 2.53. The molecular weight excluding hydrogens is 537 g/mol. The van der Waals surface area contributed by atoms with Crippen molar-refractivity contribution in [2.75, 3.05) is 4.90 Å². The van der Waals surface area contributed by atoms with Gasteiger partial charge in [-0.05, 0) is 81.6 Å². The molecule has 2 bridgehead atoms.